The van der Waals surface area contributed by atoms with Gasteiger partial charge in [0.2, 0.25) is 0 Å². The molecule has 0 aromatic carbocycles. The molecule has 100 valence electrons. The van der Waals surface area contributed by atoms with Gasteiger partial charge in [0.15, 0.2) is 0 Å². The Morgan fingerprint density at radius 3 is 2.94 bits per heavy atom. The van der Waals surface area contributed by atoms with E-state index in [-0.39, 0.29) is 5.91 Å². The van der Waals surface area contributed by atoms with Crippen LogP contribution in [0.5, 0.6) is 0 Å². The number of hydrazine groups is 1. The van der Waals surface area contributed by atoms with Gasteiger partial charge in [0, 0.05) is 13.1 Å². The molecule has 0 unspecified atom stereocenters. The van der Waals surface area contributed by atoms with Crippen molar-refractivity contribution in [2.45, 2.75) is 32.7 Å². The fourth-order valence-corrected chi connectivity index (χ4v) is 3.13. The van der Waals surface area contributed by atoms with Crippen LogP contribution in [0, 0.1) is 5.92 Å². The SMILES string of the molecule is CCN(Cc1ccsc1C(=O)NN)CC1CCC1. The Bertz CT molecular complexity index is 401. The molecule has 5 heteroatoms. The molecule has 0 aliphatic heterocycles. The summed E-state index contributed by atoms with van der Waals surface area (Å²) in [4.78, 5) is 14.8. The van der Waals surface area contributed by atoms with Gasteiger partial charge in [-0.05, 0) is 42.3 Å². The molecule has 1 saturated carbocycles. The number of carbonyl (C=O) groups is 1. The summed E-state index contributed by atoms with van der Waals surface area (Å²) < 4.78 is 0. The summed E-state index contributed by atoms with van der Waals surface area (Å²) >= 11 is 1.45. The quantitative estimate of drug-likeness (QED) is 0.471. The first-order valence-corrected chi connectivity index (χ1v) is 7.42. The summed E-state index contributed by atoms with van der Waals surface area (Å²) in [5.41, 5.74) is 3.30. The van der Waals surface area contributed by atoms with Gasteiger partial charge in [0.1, 0.15) is 0 Å². The van der Waals surface area contributed by atoms with Crippen molar-refractivity contribution in [3.8, 4) is 0 Å². The smallest absolute Gasteiger partial charge is 0.275 e. The summed E-state index contributed by atoms with van der Waals surface area (Å²) in [5, 5.41) is 1.96. The zero-order chi connectivity index (χ0) is 13.0. The van der Waals surface area contributed by atoms with Crippen LogP contribution in [-0.2, 0) is 6.54 Å². The lowest BCUT2D eigenvalue weighted by Gasteiger charge is -2.31. The lowest BCUT2D eigenvalue weighted by atomic mass is 9.85. The maximum absolute atomic E-state index is 11.6. The minimum atomic E-state index is -0.181. The highest BCUT2D eigenvalue weighted by Gasteiger charge is 2.21. The summed E-state index contributed by atoms with van der Waals surface area (Å²) in [6.07, 6.45) is 4.09. The van der Waals surface area contributed by atoms with Crippen molar-refractivity contribution >= 4 is 17.2 Å². The molecule has 18 heavy (non-hydrogen) atoms. The standard InChI is InChI=1S/C13H21N3OS/c1-2-16(8-10-4-3-5-10)9-11-6-7-18-12(11)13(17)15-14/h6-7,10H,2-5,8-9,14H2,1H3,(H,15,17). The predicted molar refractivity (Wildman–Crippen MR) is 74.3 cm³/mol. The summed E-state index contributed by atoms with van der Waals surface area (Å²) in [6, 6.07) is 2.03. The monoisotopic (exact) mass is 267 g/mol. The number of carbonyl (C=O) groups excluding carboxylic acids is 1. The number of nitrogens with one attached hydrogen (secondary N) is 1. The maximum Gasteiger partial charge on any atom is 0.275 e. The normalized spacial score (nSPS) is 15.7. The van der Waals surface area contributed by atoms with Gasteiger partial charge < -0.3 is 0 Å². The van der Waals surface area contributed by atoms with Crippen molar-refractivity contribution in [2.24, 2.45) is 11.8 Å². The molecule has 1 amide bonds. The van der Waals surface area contributed by atoms with Crippen LogP contribution >= 0.6 is 11.3 Å². The molecule has 4 nitrogen and oxygen atoms in total. The second kappa shape index (κ2) is 6.31. The number of hydrogen-bond acceptors (Lipinski definition) is 4. The molecule has 2 rings (SSSR count). The van der Waals surface area contributed by atoms with E-state index in [2.05, 4.69) is 17.2 Å². The van der Waals surface area contributed by atoms with Gasteiger partial charge in [0.25, 0.3) is 5.91 Å². The zero-order valence-corrected chi connectivity index (χ0v) is 11.6. The van der Waals surface area contributed by atoms with Crippen LogP contribution in [-0.4, -0.2) is 23.9 Å². The Hall–Kier alpha value is -0.910. The van der Waals surface area contributed by atoms with Crippen LogP contribution in [0.1, 0.15) is 41.4 Å². The predicted octanol–water partition coefficient (Wildman–Crippen LogP) is 1.97. The topological polar surface area (TPSA) is 58.4 Å². The van der Waals surface area contributed by atoms with Crippen LogP contribution in [0.4, 0.5) is 0 Å². The fraction of sp³-hybridized carbons (Fsp3) is 0.615. The van der Waals surface area contributed by atoms with E-state index in [9.17, 15) is 4.79 Å². The first-order valence-electron chi connectivity index (χ1n) is 6.54. The van der Waals surface area contributed by atoms with E-state index >= 15 is 0 Å². The molecule has 0 radical (unpaired) electrons. The maximum atomic E-state index is 11.6. The molecule has 0 spiro atoms. The molecule has 1 fully saturated rings. The van der Waals surface area contributed by atoms with Crippen LogP contribution in [0.2, 0.25) is 0 Å². The lowest BCUT2D eigenvalue weighted by molar-refractivity contribution is 0.0955. The Morgan fingerprint density at radius 2 is 2.39 bits per heavy atom. The fourth-order valence-electron chi connectivity index (χ4n) is 2.31. The largest absolute Gasteiger partial charge is 0.299 e. The van der Waals surface area contributed by atoms with Crippen molar-refractivity contribution in [1.82, 2.24) is 10.3 Å². The molecule has 1 aliphatic carbocycles. The highest BCUT2D eigenvalue weighted by Crippen LogP contribution is 2.28. The van der Waals surface area contributed by atoms with Gasteiger partial charge in [-0.1, -0.05) is 13.3 Å². The first-order chi connectivity index (χ1) is 8.74. The van der Waals surface area contributed by atoms with Crippen LogP contribution in [0.25, 0.3) is 0 Å². The highest BCUT2D eigenvalue weighted by atomic mass is 32.1. The summed E-state index contributed by atoms with van der Waals surface area (Å²) in [7, 11) is 0. The highest BCUT2D eigenvalue weighted by molar-refractivity contribution is 7.12. The molecular weight excluding hydrogens is 246 g/mol. The number of nitrogens with two attached hydrogens (primary N) is 1. The van der Waals surface area contributed by atoms with E-state index in [0.717, 1.165) is 36.0 Å². The van der Waals surface area contributed by atoms with Gasteiger partial charge in [-0.15, -0.1) is 11.3 Å². The first kappa shape index (κ1) is 13.5. The van der Waals surface area contributed by atoms with Crippen molar-refractivity contribution < 1.29 is 4.79 Å². The van der Waals surface area contributed by atoms with Gasteiger partial charge in [0.05, 0.1) is 4.88 Å². The average Bonchev–Trinajstić information content (AvgIpc) is 2.79. The van der Waals surface area contributed by atoms with E-state index in [1.807, 2.05) is 11.4 Å². The Labute approximate surface area is 112 Å². The Balaban J connectivity index is 1.97. The average molecular weight is 267 g/mol. The Kier molecular flexibility index (Phi) is 4.74. The number of amides is 1. The molecule has 3 N–H and O–H groups in total. The third-order valence-electron chi connectivity index (χ3n) is 3.67. The van der Waals surface area contributed by atoms with E-state index in [1.54, 1.807) is 0 Å². The third-order valence-corrected chi connectivity index (χ3v) is 4.62. The summed E-state index contributed by atoms with van der Waals surface area (Å²) in [6.45, 7) is 5.19. The zero-order valence-electron chi connectivity index (χ0n) is 10.8. The van der Waals surface area contributed by atoms with E-state index in [1.165, 1.54) is 30.6 Å². The van der Waals surface area contributed by atoms with E-state index < -0.39 is 0 Å². The third kappa shape index (κ3) is 3.10. The number of rotatable bonds is 6. The number of hydrogen-bond donors (Lipinski definition) is 2. The molecule has 1 heterocycles. The molecule has 1 aromatic heterocycles. The second-order valence-corrected chi connectivity index (χ2v) is 5.79. The van der Waals surface area contributed by atoms with Crippen LogP contribution in [0.3, 0.4) is 0 Å². The lowest BCUT2D eigenvalue weighted by Crippen LogP contribution is -2.33. The number of thiophene rings is 1. The van der Waals surface area contributed by atoms with Gasteiger partial charge in [-0.3, -0.25) is 15.1 Å². The second-order valence-electron chi connectivity index (χ2n) is 4.87. The Morgan fingerprint density at radius 1 is 1.61 bits per heavy atom. The van der Waals surface area contributed by atoms with Crippen molar-refractivity contribution in [2.75, 3.05) is 13.1 Å². The van der Waals surface area contributed by atoms with Gasteiger partial charge in [-0.25, -0.2) is 5.84 Å². The molecule has 0 saturated heterocycles. The minimum absolute atomic E-state index is 0.181. The number of nitrogens with zero attached hydrogens (tertiary/aromatic N) is 1. The van der Waals surface area contributed by atoms with Gasteiger partial charge in [-0.2, -0.15) is 0 Å². The minimum Gasteiger partial charge on any atom is -0.299 e. The number of nitrogen functional groups attached to an aromatic ring is 1. The molecule has 1 aliphatic rings. The van der Waals surface area contributed by atoms with Crippen molar-refractivity contribution in [1.29, 1.82) is 0 Å². The van der Waals surface area contributed by atoms with Crippen molar-refractivity contribution in [3.05, 3.63) is 21.9 Å². The molecular formula is C13H21N3OS. The molecule has 0 bridgehead atoms. The summed E-state index contributed by atoms with van der Waals surface area (Å²) in [5.74, 6) is 5.88. The van der Waals surface area contributed by atoms with Crippen LogP contribution < -0.4 is 11.3 Å². The van der Waals surface area contributed by atoms with Gasteiger partial charge >= 0.3 is 0 Å². The van der Waals surface area contributed by atoms with Crippen molar-refractivity contribution in [3.63, 3.8) is 0 Å². The molecule has 0 atom stereocenters. The van der Waals surface area contributed by atoms with E-state index in [0.29, 0.717) is 0 Å². The molecule has 1 aromatic rings. The van der Waals surface area contributed by atoms with Crippen LogP contribution in [0.15, 0.2) is 11.4 Å². The van der Waals surface area contributed by atoms with E-state index in [4.69, 9.17) is 5.84 Å².